The van der Waals surface area contributed by atoms with E-state index >= 15 is 0 Å². The fourth-order valence-electron chi connectivity index (χ4n) is 14.1. The van der Waals surface area contributed by atoms with Crippen molar-refractivity contribution in [2.75, 3.05) is 109 Å². The normalized spacial score (nSPS) is 21.0. The van der Waals surface area contributed by atoms with Crippen LogP contribution in [-0.4, -0.2) is 212 Å². The first-order valence-corrected chi connectivity index (χ1v) is 41.3. The molecule has 2 fully saturated rings. The molecule has 33 heteroatoms. The zero-order chi connectivity index (χ0) is 87.8. The number of carbonyl (C=O) groups excluding carboxylic acids is 11. The lowest BCUT2D eigenvalue weighted by Crippen LogP contribution is -2.63. The van der Waals surface area contributed by atoms with E-state index in [2.05, 4.69) is 43.7 Å². The second kappa shape index (κ2) is 47.6. The van der Waals surface area contributed by atoms with Crippen LogP contribution in [0.25, 0.3) is 0 Å². The molecule has 0 radical (unpaired) electrons. The lowest BCUT2D eigenvalue weighted by molar-refractivity contribution is -0.161. The third kappa shape index (κ3) is 29.4. The number of epoxide rings is 1. The first-order valence-electron chi connectivity index (χ1n) is 40.9. The average molecular weight is 1700 g/mol. The van der Waals surface area contributed by atoms with Crippen LogP contribution in [0.4, 0.5) is 31.4 Å². The number of urea groups is 1. The molecule has 2 saturated heterocycles. The van der Waals surface area contributed by atoms with Gasteiger partial charge in [0.2, 0.25) is 35.4 Å². The number of benzene rings is 4. The van der Waals surface area contributed by atoms with Gasteiger partial charge in [0, 0.05) is 88.0 Å². The second-order valence-corrected chi connectivity index (χ2v) is 31.3. The van der Waals surface area contributed by atoms with Crippen molar-refractivity contribution in [2.24, 2.45) is 29.4 Å². The average Bonchev–Trinajstić information content (AvgIpc) is 1.56. The number of Topliss-reactive ketones (excluding diaryl/α,β-unsaturated/α-hetero) is 1. The molecular formula is C88H116ClN9O23. The largest absolute Gasteiger partial charge is 0.508 e. The number of esters is 1. The van der Waals surface area contributed by atoms with Crippen LogP contribution in [0, 0.1) is 35.5 Å². The number of rotatable bonds is 42. The molecule has 32 nitrogen and oxygen atoms in total. The highest BCUT2D eigenvalue weighted by molar-refractivity contribution is 6.35. The Kier molecular flexibility index (Phi) is 37.8. The first-order chi connectivity index (χ1) is 57.9. The molecule has 11 atom stereocenters. The smallest absolute Gasteiger partial charge is 0.495 e. The number of unbranched alkanes of at least 4 members (excludes halogenated alkanes) is 2. The Balaban J connectivity index is 0.698. The molecule has 658 valence electrons. The quantitative estimate of drug-likeness (QED) is 0.00675. The number of nitrogens with two attached hydrogens (primary N) is 1. The molecule has 4 aliphatic rings. The SMILES string of the molecule is COc1cc2cc(c1Cl)N(C)C(=O)C[C@H](OC(=O)[C@H](C)C(C)C(=O)CCOC(=O)OCc1ccc(NC(=O)[C@H](CCCNC(N)=O)NC(=O)[C@@H](NC(=O)CCOCCOCCOCCOCCC(=O)NCCCCCC(=O)N3Cc4ccccc4C#Cc4ccccc43)C(C)C)cc1)[C@]1(C)O[C@H]1[C@H](C)[C@@H]1C[C@@](O)(NC(=O)O1)[C@H](OC)/C=C/C=C(\C)C2. The number of halogens is 1. The summed E-state index contributed by atoms with van der Waals surface area (Å²) in [6, 6.07) is 22.3. The van der Waals surface area contributed by atoms with Crippen molar-refractivity contribution in [3.8, 4) is 17.6 Å². The Morgan fingerprint density at radius 3 is 2.07 bits per heavy atom. The molecule has 4 bridgehead atoms. The number of nitrogens with zero attached hydrogens (tertiary/aromatic N) is 2. The number of ether oxygens (including phenoxy) is 11. The molecule has 1 unspecified atom stereocenters. The molecule has 0 saturated carbocycles. The number of anilines is 3. The van der Waals surface area contributed by atoms with Gasteiger partial charge in [0.1, 0.15) is 65.8 Å². The fourth-order valence-corrected chi connectivity index (χ4v) is 14.4. The number of primary amides is 1. The summed E-state index contributed by atoms with van der Waals surface area (Å²) in [4.78, 5) is 150. The van der Waals surface area contributed by atoms with Gasteiger partial charge in [-0.15, -0.1) is 0 Å². The number of allylic oxidation sites excluding steroid dienone is 3. The van der Waals surface area contributed by atoms with Crippen LogP contribution < -0.4 is 52.2 Å². The summed E-state index contributed by atoms with van der Waals surface area (Å²) in [6.07, 6.45) is 1.65. The van der Waals surface area contributed by atoms with Crippen molar-refractivity contribution in [3.63, 3.8) is 0 Å². The highest BCUT2D eigenvalue weighted by Gasteiger charge is 2.64. The fraction of sp³-hybridized carbons (Fsp3) is 0.534. The lowest BCUT2D eigenvalue weighted by Gasteiger charge is -2.42. The number of ketones is 1. The Morgan fingerprint density at radius 1 is 0.736 bits per heavy atom. The summed E-state index contributed by atoms with van der Waals surface area (Å²) in [6.45, 7) is 14.0. The van der Waals surface area contributed by atoms with Gasteiger partial charge in [0.25, 0.3) is 0 Å². The van der Waals surface area contributed by atoms with Crippen LogP contribution >= 0.6 is 11.6 Å². The molecule has 9 amide bonds. The number of aliphatic hydroxyl groups is 1. The number of para-hydroxylation sites is 1. The van der Waals surface area contributed by atoms with Gasteiger partial charge < -0.3 is 99.3 Å². The number of nitrogens with one attached hydrogen (secondary N) is 6. The van der Waals surface area contributed by atoms with Gasteiger partial charge in [-0.2, -0.15) is 0 Å². The third-order valence-corrected chi connectivity index (χ3v) is 21.9. The van der Waals surface area contributed by atoms with E-state index in [1.807, 2.05) is 66.4 Å². The molecule has 8 rings (SSSR count). The molecule has 0 aliphatic carbocycles. The Labute approximate surface area is 711 Å². The molecule has 9 N–H and O–H groups in total. The Morgan fingerprint density at radius 2 is 1.39 bits per heavy atom. The minimum Gasteiger partial charge on any atom is -0.495 e. The van der Waals surface area contributed by atoms with E-state index < -0.39 is 138 Å². The van der Waals surface area contributed by atoms with Gasteiger partial charge in [-0.05, 0) is 111 Å². The maximum atomic E-state index is 14.5. The van der Waals surface area contributed by atoms with E-state index in [1.54, 1.807) is 64.1 Å². The molecular weight excluding hydrogens is 1590 g/mol. The number of carbonyl (C=O) groups is 11. The molecule has 0 aromatic heterocycles. The molecule has 4 aromatic carbocycles. The topological polar surface area (TPSA) is 418 Å². The Hall–Kier alpha value is -10.5. The highest BCUT2D eigenvalue weighted by Crippen LogP contribution is 2.50. The maximum absolute atomic E-state index is 14.5. The highest BCUT2D eigenvalue weighted by atomic mass is 35.5. The van der Waals surface area contributed by atoms with Crippen LogP contribution in [0.1, 0.15) is 147 Å². The second-order valence-electron chi connectivity index (χ2n) is 30.9. The third-order valence-electron chi connectivity index (χ3n) is 21.5. The van der Waals surface area contributed by atoms with E-state index in [4.69, 9.17) is 69.4 Å². The summed E-state index contributed by atoms with van der Waals surface area (Å²) in [5.41, 5.74) is 8.25. The van der Waals surface area contributed by atoms with E-state index in [-0.39, 0.29) is 102 Å². The molecule has 4 aliphatic heterocycles. The van der Waals surface area contributed by atoms with Gasteiger partial charge in [-0.1, -0.05) is 131 Å². The van der Waals surface area contributed by atoms with E-state index in [1.165, 1.54) is 52.1 Å². The van der Waals surface area contributed by atoms with E-state index in [0.29, 0.717) is 74.9 Å². The summed E-state index contributed by atoms with van der Waals surface area (Å²) >= 11 is 6.85. The number of hydrogen-bond acceptors (Lipinski definition) is 23. The molecule has 4 aromatic rings. The summed E-state index contributed by atoms with van der Waals surface area (Å²) in [5, 5.41) is 28.2. The number of hydrogen-bond donors (Lipinski definition) is 8. The summed E-state index contributed by atoms with van der Waals surface area (Å²) in [5.74, 6) is 0.0224. The monoisotopic (exact) mass is 1700 g/mol. The first kappa shape index (κ1) is 96.0. The lowest BCUT2D eigenvalue weighted by atomic mass is 9.83. The van der Waals surface area contributed by atoms with Gasteiger partial charge in [0.05, 0.1) is 96.3 Å². The zero-order valence-corrected chi connectivity index (χ0v) is 71.3. The van der Waals surface area contributed by atoms with Crippen LogP contribution in [0.2, 0.25) is 5.02 Å². The van der Waals surface area contributed by atoms with E-state index in [9.17, 15) is 57.8 Å². The van der Waals surface area contributed by atoms with Crippen molar-refractivity contribution < 1.29 is 110 Å². The van der Waals surface area contributed by atoms with Gasteiger partial charge in [0.15, 0.2) is 5.72 Å². The van der Waals surface area contributed by atoms with Crippen molar-refractivity contribution >= 4 is 94.1 Å². The zero-order valence-electron chi connectivity index (χ0n) is 70.5. The minimum atomic E-state index is -1.92. The maximum Gasteiger partial charge on any atom is 0.508 e. The summed E-state index contributed by atoms with van der Waals surface area (Å²) in [7, 11) is 4.37. The minimum absolute atomic E-state index is 0.0303. The van der Waals surface area contributed by atoms with Gasteiger partial charge in [-0.25, -0.2) is 14.4 Å². The predicted molar refractivity (Wildman–Crippen MR) is 447 cm³/mol. The van der Waals surface area contributed by atoms with Crippen LogP contribution in [0.5, 0.6) is 5.75 Å². The van der Waals surface area contributed by atoms with Crippen molar-refractivity contribution in [1.29, 1.82) is 0 Å². The van der Waals surface area contributed by atoms with Gasteiger partial charge >= 0.3 is 24.2 Å². The standard InChI is InChI=1S/C88H116ClN9O23/c1-55(2)79(95-75(101)36-40-114-43-45-116-47-46-115-44-42-113-39-35-74(100)91-37-17-11-12-27-76(102)98-53-64-23-14-13-21-62(64)30-31-63-22-15-16-25-67(63)98)82(105)94-66(24-19-38-92-84(90)107)81(104)93-65-32-28-60(29-33-65)54-118-86(109)117-41-34-69(99)57(4)58(5)83(106)120-73-51-77(103)97(8)68-49-61(50-70(111-9)78(68)89)48-56(3)20-18-26-72(112-10)88(110)52-71(119-85(108)96-88)59(6)80-87(73,7)121-80/h13-16,18,20-23,25-26,28-29,32-33,49-50,55,57-59,66,71-73,79-80,110H,11-12,17,19,24,27,34-48,51-54H2,1-10H3,(H,91,100)(H,93,104)(H,94,105)(H,95,101)(H,96,108)(H3,90,92,107)/b26-18+,56-20+/t57?,58-,59-,66+,71+,72-,73+,79+,80+,87+,88+/m1/s1. The number of fused-ring (bicyclic) bond motifs is 7. The van der Waals surface area contributed by atoms with E-state index in [0.717, 1.165) is 46.4 Å². The number of amides is 9. The molecule has 4 heterocycles. The number of methoxy groups -OCH3 is 2. The predicted octanol–water partition coefficient (Wildman–Crippen LogP) is 8.73. The van der Waals surface area contributed by atoms with Crippen molar-refractivity contribution in [3.05, 3.63) is 142 Å². The van der Waals surface area contributed by atoms with Crippen molar-refractivity contribution in [1.82, 2.24) is 26.6 Å². The van der Waals surface area contributed by atoms with Crippen molar-refractivity contribution in [2.45, 2.75) is 186 Å². The van der Waals surface area contributed by atoms with Gasteiger partial charge in [-0.3, -0.25) is 43.7 Å². The molecule has 121 heavy (non-hydrogen) atoms. The summed E-state index contributed by atoms with van der Waals surface area (Å²) < 4.78 is 62.4. The Bertz CT molecular complexity index is 4360. The van der Waals surface area contributed by atoms with Crippen LogP contribution in [0.15, 0.2) is 109 Å². The van der Waals surface area contributed by atoms with Crippen LogP contribution in [-0.2, 0) is 105 Å². The number of alkyl carbamates (subject to hydrolysis) is 1. The van der Waals surface area contributed by atoms with Crippen LogP contribution in [0.3, 0.4) is 0 Å². The molecule has 0 spiro atoms.